The molecule has 0 saturated carbocycles. The van der Waals surface area contributed by atoms with Crippen LogP contribution in [0.5, 0.6) is 0 Å². The number of hydrogen-bond donors (Lipinski definition) is 3. The molecule has 0 aromatic rings. The molecule has 0 saturated heterocycles. The molecule has 0 aromatic carbocycles. The minimum atomic E-state index is -4.61. The molecule has 0 heterocycles. The molecule has 0 aliphatic heterocycles. The van der Waals surface area contributed by atoms with Gasteiger partial charge in [0.25, 0.3) is 0 Å². The smallest absolute Gasteiger partial charge is 0.472 e. The summed E-state index contributed by atoms with van der Waals surface area (Å²) in [5.41, 5.74) is 5.34. The fourth-order valence-electron chi connectivity index (χ4n) is 5.32. The number of nitrogens with two attached hydrogens (primary N) is 1. The van der Waals surface area contributed by atoms with E-state index in [4.69, 9.17) is 29.4 Å². The number of ether oxygens (including phenoxy) is 2. The quantitative estimate of drug-likeness (QED) is 0.0241. The van der Waals surface area contributed by atoms with E-state index in [9.17, 15) is 19.0 Å². The molecule has 0 rings (SSSR count). The number of phosphoric ester groups is 1. The number of esters is 1. The van der Waals surface area contributed by atoms with Gasteiger partial charge in [-0.3, -0.25) is 18.6 Å². The molecule has 0 spiro atoms. The molecule has 298 valence electrons. The molecular formula is C40H74NO9P. The van der Waals surface area contributed by atoms with Crippen LogP contribution >= 0.6 is 7.82 Å². The third kappa shape index (κ3) is 36.3. The third-order valence-corrected chi connectivity index (χ3v) is 9.38. The van der Waals surface area contributed by atoms with Gasteiger partial charge in [-0.2, -0.15) is 0 Å². The maximum atomic E-state index is 12.6. The Labute approximate surface area is 310 Å². The fourth-order valence-corrected chi connectivity index (χ4v) is 6.10. The minimum absolute atomic E-state index is 0.0148. The Kier molecular flexibility index (Phi) is 35.2. The summed E-state index contributed by atoms with van der Waals surface area (Å²) in [5, 5.41) is 8.87. The highest BCUT2D eigenvalue weighted by Crippen LogP contribution is 2.43. The average molecular weight is 744 g/mol. The van der Waals surface area contributed by atoms with Gasteiger partial charge in [0, 0.05) is 13.0 Å². The standard InChI is InChI=1S/C40H74NO9P/c1-3-5-7-9-11-13-15-17-18-19-20-21-22-24-26-28-30-32-39(42)50-37(35-48-51(45,46)49-36-38(41)40(43)44)34-47-33-31-29-27-25-23-16-14-12-10-8-6-4-2/h5,7,11,13,17-18,37-38H,3-4,6,8-10,12,14-16,19-36,41H2,1-2H3,(H,43,44)(H,45,46)/b7-5-,13-11-,18-17-. The van der Waals surface area contributed by atoms with E-state index in [-0.39, 0.29) is 13.0 Å². The summed E-state index contributed by atoms with van der Waals surface area (Å²) in [6.07, 6.45) is 39.0. The second-order valence-electron chi connectivity index (χ2n) is 13.4. The molecule has 0 aliphatic carbocycles. The van der Waals surface area contributed by atoms with Crippen molar-refractivity contribution in [3.05, 3.63) is 36.5 Å². The van der Waals surface area contributed by atoms with Gasteiger partial charge in [-0.25, -0.2) is 4.57 Å². The van der Waals surface area contributed by atoms with Crippen LogP contribution in [0.2, 0.25) is 0 Å². The van der Waals surface area contributed by atoms with Crippen LogP contribution in [0, 0.1) is 0 Å². The van der Waals surface area contributed by atoms with Crippen LogP contribution in [0.15, 0.2) is 36.5 Å². The number of phosphoric acid groups is 1. The molecule has 4 N–H and O–H groups in total. The summed E-state index contributed by atoms with van der Waals surface area (Å²) >= 11 is 0. The zero-order valence-electron chi connectivity index (χ0n) is 32.2. The van der Waals surface area contributed by atoms with E-state index in [0.717, 1.165) is 64.2 Å². The molecule has 3 unspecified atom stereocenters. The van der Waals surface area contributed by atoms with Gasteiger partial charge in [-0.1, -0.05) is 153 Å². The number of aliphatic carboxylic acids is 1. The van der Waals surface area contributed by atoms with Crippen molar-refractivity contribution < 1.29 is 42.7 Å². The van der Waals surface area contributed by atoms with E-state index in [1.807, 2.05) is 0 Å². The van der Waals surface area contributed by atoms with Crippen LogP contribution in [0.25, 0.3) is 0 Å². The van der Waals surface area contributed by atoms with Crippen LogP contribution in [0.3, 0.4) is 0 Å². The number of rotatable bonds is 38. The number of unbranched alkanes of at least 4 members (excludes halogenated alkanes) is 18. The lowest BCUT2D eigenvalue weighted by molar-refractivity contribution is -0.154. The molecule has 0 fully saturated rings. The lowest BCUT2D eigenvalue weighted by atomic mass is 10.1. The number of allylic oxidation sites excluding steroid dienone is 6. The number of hydrogen-bond acceptors (Lipinski definition) is 8. The Morgan fingerprint density at radius 2 is 1.14 bits per heavy atom. The van der Waals surface area contributed by atoms with Crippen molar-refractivity contribution in [2.24, 2.45) is 5.73 Å². The van der Waals surface area contributed by atoms with Crippen LogP contribution < -0.4 is 5.73 Å². The van der Waals surface area contributed by atoms with Gasteiger partial charge in [0.05, 0.1) is 19.8 Å². The zero-order valence-corrected chi connectivity index (χ0v) is 33.1. The van der Waals surface area contributed by atoms with Crippen LogP contribution in [0.1, 0.15) is 168 Å². The number of carbonyl (C=O) groups excluding carboxylic acids is 1. The van der Waals surface area contributed by atoms with Crippen LogP contribution in [0.4, 0.5) is 0 Å². The fraction of sp³-hybridized carbons (Fsp3) is 0.800. The van der Waals surface area contributed by atoms with Crippen molar-refractivity contribution >= 4 is 19.8 Å². The van der Waals surface area contributed by atoms with E-state index in [1.54, 1.807) is 0 Å². The molecule has 0 amide bonds. The molecule has 11 heteroatoms. The van der Waals surface area contributed by atoms with Crippen molar-refractivity contribution in [1.29, 1.82) is 0 Å². The van der Waals surface area contributed by atoms with Gasteiger partial charge < -0.3 is 25.2 Å². The van der Waals surface area contributed by atoms with Gasteiger partial charge in [0.1, 0.15) is 12.1 Å². The first-order valence-electron chi connectivity index (χ1n) is 20.0. The summed E-state index contributed by atoms with van der Waals surface area (Å²) in [7, 11) is -4.61. The normalized spacial score (nSPS) is 14.4. The molecule has 0 aliphatic rings. The average Bonchev–Trinajstić information content (AvgIpc) is 3.10. The van der Waals surface area contributed by atoms with E-state index >= 15 is 0 Å². The molecular weight excluding hydrogens is 669 g/mol. The van der Waals surface area contributed by atoms with Gasteiger partial charge >= 0.3 is 19.8 Å². The molecule has 51 heavy (non-hydrogen) atoms. The van der Waals surface area contributed by atoms with E-state index in [1.165, 1.54) is 77.0 Å². The predicted molar refractivity (Wildman–Crippen MR) is 208 cm³/mol. The Bertz CT molecular complexity index is 956. The monoisotopic (exact) mass is 744 g/mol. The van der Waals surface area contributed by atoms with Crippen LogP contribution in [-0.4, -0.2) is 60.5 Å². The van der Waals surface area contributed by atoms with Crippen molar-refractivity contribution in [2.75, 3.05) is 26.4 Å². The van der Waals surface area contributed by atoms with E-state index in [2.05, 4.69) is 50.3 Å². The summed E-state index contributed by atoms with van der Waals surface area (Å²) in [4.78, 5) is 33.4. The first kappa shape index (κ1) is 49.2. The predicted octanol–water partition coefficient (Wildman–Crippen LogP) is 10.5. The van der Waals surface area contributed by atoms with Crippen molar-refractivity contribution in [3.63, 3.8) is 0 Å². The summed E-state index contributed by atoms with van der Waals surface area (Å²) in [5.74, 6) is -1.79. The molecule has 0 bridgehead atoms. The first-order valence-corrected chi connectivity index (χ1v) is 21.5. The maximum Gasteiger partial charge on any atom is 0.472 e. The van der Waals surface area contributed by atoms with E-state index in [0.29, 0.717) is 13.0 Å². The summed E-state index contributed by atoms with van der Waals surface area (Å²) in [6, 6.07) is -1.47. The van der Waals surface area contributed by atoms with E-state index < -0.39 is 45.1 Å². The summed E-state index contributed by atoms with van der Waals surface area (Å²) in [6.45, 7) is 3.75. The Morgan fingerprint density at radius 1 is 0.647 bits per heavy atom. The van der Waals surface area contributed by atoms with Gasteiger partial charge in [0.2, 0.25) is 0 Å². The van der Waals surface area contributed by atoms with Crippen molar-refractivity contribution in [1.82, 2.24) is 0 Å². The Balaban J connectivity index is 4.28. The molecule has 3 atom stereocenters. The summed E-state index contributed by atoms with van der Waals surface area (Å²) < 4.78 is 33.2. The van der Waals surface area contributed by atoms with Crippen molar-refractivity contribution in [2.45, 2.75) is 180 Å². The third-order valence-electron chi connectivity index (χ3n) is 8.43. The van der Waals surface area contributed by atoms with Crippen molar-refractivity contribution in [3.8, 4) is 0 Å². The number of carboxylic acids is 1. The molecule has 10 nitrogen and oxygen atoms in total. The highest BCUT2D eigenvalue weighted by molar-refractivity contribution is 7.47. The highest BCUT2D eigenvalue weighted by Gasteiger charge is 2.27. The number of carboxylic acid groups (broad SMARTS) is 1. The lowest BCUT2D eigenvalue weighted by Crippen LogP contribution is -2.34. The largest absolute Gasteiger partial charge is 0.480 e. The molecule has 0 aromatic heterocycles. The zero-order chi connectivity index (χ0) is 37.7. The van der Waals surface area contributed by atoms with Gasteiger partial charge in [0.15, 0.2) is 0 Å². The Hall–Kier alpha value is -1.81. The van der Waals surface area contributed by atoms with Gasteiger partial charge in [-0.15, -0.1) is 0 Å². The maximum absolute atomic E-state index is 12.6. The highest BCUT2D eigenvalue weighted by atomic mass is 31.2. The van der Waals surface area contributed by atoms with Gasteiger partial charge in [-0.05, 0) is 44.9 Å². The lowest BCUT2D eigenvalue weighted by Gasteiger charge is -2.20. The SMILES string of the molecule is CC/C=C\C/C=C\C/C=C\CCCCCCCCCC(=O)OC(COCCCCCCCCCCCCCC)COP(=O)(O)OCC(N)C(=O)O. The number of carbonyl (C=O) groups is 2. The molecule has 0 radical (unpaired) electrons. The van der Waals surface area contributed by atoms with Crippen LogP contribution in [-0.2, 0) is 32.7 Å². The minimum Gasteiger partial charge on any atom is -0.480 e. The second-order valence-corrected chi connectivity index (χ2v) is 14.8. The second kappa shape index (κ2) is 36.5. The Morgan fingerprint density at radius 3 is 1.71 bits per heavy atom. The topological polar surface area (TPSA) is 155 Å². The first-order chi connectivity index (χ1) is 24.7.